The first-order valence-electron chi connectivity index (χ1n) is 9.59. The highest BCUT2D eigenvalue weighted by atomic mass is 16.6. The highest BCUT2D eigenvalue weighted by Gasteiger charge is 2.27. The van der Waals surface area contributed by atoms with Gasteiger partial charge in [-0.3, -0.25) is 4.99 Å². The van der Waals surface area contributed by atoms with Crippen LogP contribution in [0.4, 0.5) is 4.79 Å². The molecule has 4 heteroatoms. The number of amides is 1. The molecule has 4 nitrogen and oxygen atoms in total. The Balaban J connectivity index is 1.73. The molecule has 1 heterocycles. The number of ether oxygens (including phenoxy) is 1. The summed E-state index contributed by atoms with van der Waals surface area (Å²) in [6.07, 6.45) is 1.47. The zero-order valence-corrected chi connectivity index (χ0v) is 16.4. The first-order valence-corrected chi connectivity index (χ1v) is 9.59. The molecule has 3 rings (SSSR count). The van der Waals surface area contributed by atoms with Crippen molar-refractivity contribution in [3.63, 3.8) is 0 Å². The number of carbonyl (C=O) groups excluding carboxylic acids is 1. The first kappa shape index (κ1) is 19.2. The van der Waals surface area contributed by atoms with Gasteiger partial charge in [0.05, 0.1) is 11.8 Å². The van der Waals surface area contributed by atoms with E-state index < -0.39 is 5.60 Å². The van der Waals surface area contributed by atoms with E-state index >= 15 is 0 Å². The molecule has 0 atom stereocenters. The highest BCUT2D eigenvalue weighted by Crippen LogP contribution is 2.20. The van der Waals surface area contributed by atoms with Crippen molar-refractivity contribution in [1.29, 1.82) is 0 Å². The van der Waals surface area contributed by atoms with Gasteiger partial charge in [-0.25, -0.2) is 4.79 Å². The van der Waals surface area contributed by atoms with Crippen molar-refractivity contribution in [3.05, 3.63) is 71.8 Å². The van der Waals surface area contributed by atoms with Crippen LogP contribution in [0, 0.1) is 0 Å². The van der Waals surface area contributed by atoms with Gasteiger partial charge >= 0.3 is 6.09 Å². The molecule has 0 spiro atoms. The second-order valence-electron chi connectivity index (χ2n) is 7.91. The summed E-state index contributed by atoms with van der Waals surface area (Å²) in [7, 11) is 0. The standard InChI is InChI=1S/C23H28N2O2/c1-23(2,3)27-22(26)25-16-14-20(15-17-25)24-21(18-10-6-4-7-11-18)19-12-8-5-9-13-19/h4-13,20H,14-17H2,1-3H3/i24+1. The topological polar surface area (TPSA) is 41.9 Å². The minimum atomic E-state index is -0.458. The SMILES string of the molecule is CC(C)(C)OC(=O)N1CCC([15N]=C(c2ccccc2)c2ccccc2)CC1. The van der Waals surface area contributed by atoms with Gasteiger partial charge in [0.1, 0.15) is 5.60 Å². The molecule has 0 radical (unpaired) electrons. The predicted molar refractivity (Wildman–Crippen MR) is 109 cm³/mol. The lowest BCUT2D eigenvalue weighted by Gasteiger charge is -2.32. The monoisotopic (exact) mass is 365 g/mol. The second-order valence-corrected chi connectivity index (χ2v) is 7.91. The van der Waals surface area contributed by atoms with Crippen molar-refractivity contribution in [2.24, 2.45) is 4.99 Å². The van der Waals surface area contributed by atoms with E-state index in [9.17, 15) is 4.79 Å². The van der Waals surface area contributed by atoms with Crippen LogP contribution in [0.1, 0.15) is 44.7 Å². The Morgan fingerprint density at radius 2 is 1.41 bits per heavy atom. The molecule has 2 aromatic carbocycles. The number of benzene rings is 2. The Bertz CT molecular complexity index is 730. The largest absolute Gasteiger partial charge is 0.444 e. The van der Waals surface area contributed by atoms with Crippen LogP contribution in [-0.2, 0) is 4.74 Å². The van der Waals surface area contributed by atoms with Gasteiger partial charge in [0.2, 0.25) is 0 Å². The van der Waals surface area contributed by atoms with E-state index in [-0.39, 0.29) is 12.1 Å². The molecule has 0 saturated carbocycles. The average Bonchev–Trinajstić information content (AvgIpc) is 2.66. The molecule has 27 heavy (non-hydrogen) atoms. The van der Waals surface area contributed by atoms with Crippen LogP contribution in [0.5, 0.6) is 0 Å². The molecule has 0 unspecified atom stereocenters. The number of rotatable bonds is 3. The highest BCUT2D eigenvalue weighted by molar-refractivity contribution is 6.12. The summed E-state index contributed by atoms with van der Waals surface area (Å²) in [5.41, 5.74) is 2.81. The minimum absolute atomic E-state index is 0.207. The van der Waals surface area contributed by atoms with Crippen LogP contribution in [-0.4, -0.2) is 41.4 Å². The van der Waals surface area contributed by atoms with Gasteiger partial charge in [-0.15, -0.1) is 0 Å². The third-order valence-corrected chi connectivity index (χ3v) is 4.52. The summed E-state index contributed by atoms with van der Waals surface area (Å²) in [5, 5.41) is 0. The zero-order valence-electron chi connectivity index (χ0n) is 16.4. The number of hydrogen-bond donors (Lipinski definition) is 0. The summed E-state index contributed by atoms with van der Waals surface area (Å²) in [6.45, 7) is 7.05. The van der Waals surface area contributed by atoms with Gasteiger partial charge in [0, 0.05) is 24.2 Å². The summed E-state index contributed by atoms with van der Waals surface area (Å²) in [6, 6.07) is 20.8. The average molecular weight is 365 g/mol. The van der Waals surface area contributed by atoms with E-state index in [1.54, 1.807) is 4.90 Å². The maximum absolute atomic E-state index is 12.3. The Morgan fingerprint density at radius 3 is 1.85 bits per heavy atom. The number of aliphatic imine (C=N–C) groups is 1. The number of hydrogen-bond acceptors (Lipinski definition) is 3. The van der Waals surface area contributed by atoms with Crippen molar-refractivity contribution >= 4 is 11.8 Å². The fourth-order valence-corrected chi connectivity index (χ4v) is 3.19. The fourth-order valence-electron chi connectivity index (χ4n) is 3.19. The Labute approximate surface area is 161 Å². The zero-order chi connectivity index (χ0) is 19.3. The maximum Gasteiger partial charge on any atom is 0.410 e. The quantitative estimate of drug-likeness (QED) is 0.572. The molecule has 1 saturated heterocycles. The molecule has 1 amide bonds. The molecule has 142 valence electrons. The maximum atomic E-state index is 12.3. The van der Waals surface area contributed by atoms with Crippen LogP contribution in [0.3, 0.4) is 0 Å². The van der Waals surface area contributed by atoms with Gasteiger partial charge in [-0.1, -0.05) is 60.7 Å². The van der Waals surface area contributed by atoms with Gasteiger partial charge in [0.15, 0.2) is 0 Å². The van der Waals surface area contributed by atoms with Crippen molar-refractivity contribution in [1.82, 2.24) is 4.90 Å². The normalized spacial score (nSPS) is 15.3. The van der Waals surface area contributed by atoms with E-state index in [4.69, 9.17) is 9.73 Å². The lowest BCUT2D eigenvalue weighted by atomic mass is 10.0. The Morgan fingerprint density at radius 1 is 0.926 bits per heavy atom. The smallest absolute Gasteiger partial charge is 0.410 e. The molecule has 1 aliphatic rings. The predicted octanol–water partition coefficient (Wildman–Crippen LogP) is 4.92. The van der Waals surface area contributed by atoms with E-state index in [1.807, 2.05) is 57.2 Å². The lowest BCUT2D eigenvalue weighted by molar-refractivity contribution is 0.0207. The summed E-state index contributed by atoms with van der Waals surface area (Å²) in [5.74, 6) is 0. The third-order valence-electron chi connectivity index (χ3n) is 4.52. The fraction of sp³-hybridized carbons (Fsp3) is 0.391. The second kappa shape index (κ2) is 8.38. The van der Waals surface area contributed by atoms with Crippen LogP contribution >= 0.6 is 0 Å². The molecular weight excluding hydrogens is 337 g/mol. The lowest BCUT2D eigenvalue weighted by Crippen LogP contribution is -2.42. The Kier molecular flexibility index (Phi) is 5.94. The van der Waals surface area contributed by atoms with Gasteiger partial charge in [-0.2, -0.15) is 0 Å². The minimum Gasteiger partial charge on any atom is -0.444 e. The van der Waals surface area contributed by atoms with Crippen LogP contribution < -0.4 is 0 Å². The Hall–Kier alpha value is -2.62. The van der Waals surface area contributed by atoms with E-state index in [1.165, 1.54) is 0 Å². The van der Waals surface area contributed by atoms with Crippen LogP contribution in [0.2, 0.25) is 0 Å². The molecule has 1 fully saturated rings. The molecule has 0 N–H and O–H groups in total. The molecule has 0 bridgehead atoms. The summed E-state index contributed by atoms with van der Waals surface area (Å²) in [4.78, 5) is 19.1. The molecule has 2 aromatic rings. The molecule has 0 aliphatic carbocycles. The van der Waals surface area contributed by atoms with E-state index in [0.29, 0.717) is 13.1 Å². The molecule has 0 aromatic heterocycles. The van der Waals surface area contributed by atoms with Gasteiger partial charge < -0.3 is 9.64 Å². The molecule has 1 aliphatic heterocycles. The number of nitrogens with zero attached hydrogens (tertiary/aromatic N) is 2. The van der Waals surface area contributed by atoms with Crippen molar-refractivity contribution < 1.29 is 9.53 Å². The van der Waals surface area contributed by atoms with Crippen LogP contribution in [0.15, 0.2) is 65.7 Å². The van der Waals surface area contributed by atoms with Crippen LogP contribution in [0.25, 0.3) is 0 Å². The van der Waals surface area contributed by atoms with E-state index in [2.05, 4.69) is 24.3 Å². The number of likely N-dealkylation sites (tertiary alicyclic amines) is 1. The number of piperidine rings is 1. The van der Waals surface area contributed by atoms with Crippen molar-refractivity contribution in [3.8, 4) is 0 Å². The summed E-state index contributed by atoms with van der Waals surface area (Å²) >= 11 is 0. The summed E-state index contributed by atoms with van der Waals surface area (Å²) < 4.78 is 5.48. The van der Waals surface area contributed by atoms with E-state index in [0.717, 1.165) is 29.7 Å². The van der Waals surface area contributed by atoms with Gasteiger partial charge in [-0.05, 0) is 33.6 Å². The first-order chi connectivity index (χ1) is 12.9. The van der Waals surface area contributed by atoms with Crippen molar-refractivity contribution in [2.75, 3.05) is 13.1 Å². The third kappa shape index (κ3) is 5.43. The number of carbonyl (C=O) groups is 1. The van der Waals surface area contributed by atoms with Gasteiger partial charge in [0.25, 0.3) is 0 Å². The van der Waals surface area contributed by atoms with Crippen molar-refractivity contribution in [2.45, 2.75) is 45.3 Å². The molecular formula is C23H28N2O2.